The predicted octanol–water partition coefficient (Wildman–Crippen LogP) is 2.08. The number of aromatic nitrogens is 1. The summed E-state index contributed by atoms with van der Waals surface area (Å²) in [6.45, 7) is 9.17. The Hall–Kier alpha value is -1.68. The van der Waals surface area contributed by atoms with Crippen LogP contribution in [0.3, 0.4) is 0 Å². The molecule has 0 saturated carbocycles. The molecule has 4 nitrogen and oxygen atoms in total. The van der Waals surface area contributed by atoms with Gasteiger partial charge < -0.3 is 9.84 Å². The van der Waals surface area contributed by atoms with Crippen LogP contribution in [-0.4, -0.2) is 16.1 Å². The van der Waals surface area contributed by atoms with E-state index in [1.807, 2.05) is 20.8 Å². The Morgan fingerprint density at radius 2 is 2.12 bits per heavy atom. The van der Waals surface area contributed by atoms with Crippen molar-refractivity contribution in [3.05, 3.63) is 36.0 Å². The van der Waals surface area contributed by atoms with Crippen LogP contribution < -0.4 is 4.74 Å². The van der Waals surface area contributed by atoms with Crippen molar-refractivity contribution >= 4 is 5.97 Å². The van der Waals surface area contributed by atoms with Crippen molar-refractivity contribution in [2.45, 2.75) is 27.4 Å². The van der Waals surface area contributed by atoms with Gasteiger partial charge in [-0.1, -0.05) is 33.4 Å². The minimum absolute atomic E-state index is 0.173. The molecule has 4 heteroatoms. The Bertz CT molecular complexity index is 433. The van der Waals surface area contributed by atoms with Crippen LogP contribution >= 0.6 is 0 Å². The van der Waals surface area contributed by atoms with Crippen LogP contribution in [0.4, 0.5) is 0 Å². The average molecular weight is 235 g/mol. The van der Waals surface area contributed by atoms with Crippen molar-refractivity contribution in [1.82, 2.24) is 4.98 Å². The number of pyridine rings is 1. The molecule has 1 aromatic heterocycles. The van der Waals surface area contributed by atoms with Crippen LogP contribution in [0.15, 0.2) is 30.4 Å². The third kappa shape index (κ3) is 3.67. The van der Waals surface area contributed by atoms with Gasteiger partial charge in [-0.05, 0) is 11.5 Å². The van der Waals surface area contributed by atoms with E-state index < -0.39 is 5.97 Å². The van der Waals surface area contributed by atoms with E-state index in [0.29, 0.717) is 11.3 Å². The summed E-state index contributed by atoms with van der Waals surface area (Å²) in [5.74, 6) is -0.327. The quantitative estimate of drug-likeness (QED) is 0.643. The molecule has 0 fully saturated rings. The van der Waals surface area contributed by atoms with Crippen LogP contribution in [-0.2, 0) is 11.4 Å². The van der Waals surface area contributed by atoms with Crippen LogP contribution in [0.25, 0.3) is 0 Å². The average Bonchev–Trinajstić information content (AvgIpc) is 2.27. The van der Waals surface area contributed by atoms with Gasteiger partial charge in [0.15, 0.2) is 0 Å². The smallest absolute Gasteiger partial charge is 0.340 e. The highest BCUT2D eigenvalue weighted by atomic mass is 16.5. The van der Waals surface area contributed by atoms with Crippen molar-refractivity contribution in [2.24, 2.45) is 5.41 Å². The molecule has 1 N–H and O–H groups in total. The molecule has 0 aliphatic heterocycles. The molecule has 0 bridgehead atoms. The molecule has 0 amide bonds. The maximum absolute atomic E-state index is 11.7. The minimum atomic E-state index is -0.500. The van der Waals surface area contributed by atoms with Crippen LogP contribution in [0.2, 0.25) is 0 Å². The van der Waals surface area contributed by atoms with E-state index in [4.69, 9.17) is 9.84 Å². The van der Waals surface area contributed by atoms with Crippen LogP contribution in [0.1, 0.15) is 26.5 Å². The van der Waals surface area contributed by atoms with Crippen LogP contribution in [0, 0.1) is 5.41 Å². The normalized spacial score (nSPS) is 11.1. The van der Waals surface area contributed by atoms with Crippen LogP contribution in [0.5, 0.6) is 5.88 Å². The van der Waals surface area contributed by atoms with Gasteiger partial charge in [0.2, 0.25) is 5.88 Å². The molecule has 1 heterocycles. The zero-order valence-corrected chi connectivity index (χ0v) is 10.4. The van der Waals surface area contributed by atoms with E-state index in [-0.39, 0.29) is 17.9 Å². The summed E-state index contributed by atoms with van der Waals surface area (Å²) in [5, 5.41) is 8.91. The van der Waals surface area contributed by atoms with Gasteiger partial charge in [0.05, 0.1) is 12.3 Å². The fourth-order valence-electron chi connectivity index (χ4n) is 1.07. The zero-order chi connectivity index (χ0) is 13.1. The molecule has 1 rings (SSSR count). The Morgan fingerprint density at radius 1 is 1.47 bits per heavy atom. The lowest BCUT2D eigenvalue weighted by atomic mass is 9.88. The number of hydrogen-bond donors (Lipinski definition) is 1. The fourth-order valence-corrected chi connectivity index (χ4v) is 1.07. The van der Waals surface area contributed by atoms with Gasteiger partial charge in [-0.2, -0.15) is 0 Å². The lowest BCUT2D eigenvalue weighted by Gasteiger charge is -2.19. The maximum atomic E-state index is 11.7. The first-order chi connectivity index (χ1) is 7.84. The SMILES string of the molecule is C=C(C(=O)Oc1cccc(CO)n1)C(C)(C)C. The zero-order valence-electron chi connectivity index (χ0n) is 10.4. The topological polar surface area (TPSA) is 59.4 Å². The Balaban J connectivity index is 2.78. The third-order valence-corrected chi connectivity index (χ3v) is 2.29. The highest BCUT2D eigenvalue weighted by Gasteiger charge is 2.23. The molecule has 0 unspecified atom stereocenters. The molecule has 0 atom stereocenters. The summed E-state index contributed by atoms with van der Waals surface area (Å²) in [7, 11) is 0. The largest absolute Gasteiger partial charge is 0.404 e. The number of nitrogens with zero attached hydrogens (tertiary/aromatic N) is 1. The minimum Gasteiger partial charge on any atom is -0.404 e. The number of esters is 1. The number of aliphatic hydroxyl groups excluding tert-OH is 1. The summed E-state index contributed by atoms with van der Waals surface area (Å²) in [6.07, 6.45) is 0. The summed E-state index contributed by atoms with van der Waals surface area (Å²) in [5.41, 5.74) is 0.497. The molecule has 0 aromatic carbocycles. The molecule has 0 aliphatic rings. The second-order valence-electron chi connectivity index (χ2n) is 4.74. The number of hydrogen-bond acceptors (Lipinski definition) is 4. The number of rotatable bonds is 3. The number of aliphatic hydroxyl groups is 1. The van der Waals surface area contributed by atoms with Crippen molar-refractivity contribution in [3.63, 3.8) is 0 Å². The number of ether oxygens (including phenoxy) is 1. The van der Waals surface area contributed by atoms with E-state index in [2.05, 4.69) is 11.6 Å². The van der Waals surface area contributed by atoms with E-state index >= 15 is 0 Å². The molecule has 0 saturated heterocycles. The fraction of sp³-hybridized carbons (Fsp3) is 0.385. The van der Waals surface area contributed by atoms with Gasteiger partial charge in [-0.15, -0.1) is 0 Å². The van der Waals surface area contributed by atoms with Gasteiger partial charge in [0, 0.05) is 11.6 Å². The van der Waals surface area contributed by atoms with Crippen molar-refractivity contribution in [2.75, 3.05) is 0 Å². The maximum Gasteiger partial charge on any atom is 0.340 e. The van der Waals surface area contributed by atoms with E-state index in [0.717, 1.165) is 0 Å². The van der Waals surface area contributed by atoms with Gasteiger partial charge in [0.1, 0.15) is 0 Å². The summed E-state index contributed by atoms with van der Waals surface area (Å²) < 4.78 is 5.08. The molecule has 0 spiro atoms. The lowest BCUT2D eigenvalue weighted by molar-refractivity contribution is -0.131. The van der Waals surface area contributed by atoms with Crippen molar-refractivity contribution in [1.29, 1.82) is 0 Å². The van der Waals surface area contributed by atoms with Gasteiger partial charge in [-0.25, -0.2) is 9.78 Å². The first-order valence-corrected chi connectivity index (χ1v) is 5.33. The number of carbonyl (C=O) groups is 1. The number of carbonyl (C=O) groups excluding carboxylic acids is 1. The Kier molecular flexibility index (Phi) is 4.02. The summed E-state index contributed by atoms with van der Waals surface area (Å²) in [4.78, 5) is 15.7. The standard InChI is InChI=1S/C13H17NO3/c1-9(13(2,3)4)12(16)17-11-7-5-6-10(8-15)14-11/h5-7,15H,1,8H2,2-4H3. The molecule has 92 valence electrons. The lowest BCUT2D eigenvalue weighted by Crippen LogP contribution is -2.21. The van der Waals surface area contributed by atoms with E-state index in [1.54, 1.807) is 18.2 Å². The van der Waals surface area contributed by atoms with E-state index in [1.165, 1.54) is 0 Å². The van der Waals surface area contributed by atoms with Gasteiger partial charge in [-0.3, -0.25) is 0 Å². The first-order valence-electron chi connectivity index (χ1n) is 5.33. The van der Waals surface area contributed by atoms with Gasteiger partial charge >= 0.3 is 5.97 Å². The monoisotopic (exact) mass is 235 g/mol. The molecular weight excluding hydrogens is 218 g/mol. The summed E-state index contributed by atoms with van der Waals surface area (Å²) in [6, 6.07) is 4.88. The Morgan fingerprint density at radius 3 is 2.65 bits per heavy atom. The molecule has 0 aliphatic carbocycles. The Labute approximate surface area is 101 Å². The second-order valence-corrected chi connectivity index (χ2v) is 4.74. The highest BCUT2D eigenvalue weighted by molar-refractivity contribution is 5.90. The molecule has 1 aromatic rings. The highest BCUT2D eigenvalue weighted by Crippen LogP contribution is 2.24. The van der Waals surface area contributed by atoms with E-state index in [9.17, 15) is 4.79 Å². The van der Waals surface area contributed by atoms with Crippen molar-refractivity contribution in [3.8, 4) is 5.88 Å². The van der Waals surface area contributed by atoms with Gasteiger partial charge in [0.25, 0.3) is 0 Å². The molecular formula is C13H17NO3. The molecule has 0 radical (unpaired) electrons. The van der Waals surface area contributed by atoms with Crippen molar-refractivity contribution < 1.29 is 14.6 Å². The molecule has 17 heavy (non-hydrogen) atoms. The third-order valence-electron chi connectivity index (χ3n) is 2.29. The summed E-state index contributed by atoms with van der Waals surface area (Å²) >= 11 is 0. The second kappa shape index (κ2) is 5.10. The first kappa shape index (κ1) is 13.4. The predicted molar refractivity (Wildman–Crippen MR) is 64.4 cm³/mol.